The molecule has 2 N–H and O–H groups in total. The normalized spacial score (nSPS) is 13.1. The zero-order chi connectivity index (χ0) is 13.8. The van der Waals surface area contributed by atoms with Crippen molar-refractivity contribution in [3.63, 3.8) is 0 Å². The molecule has 0 radical (unpaired) electrons. The molecule has 1 aromatic rings. The van der Waals surface area contributed by atoms with E-state index in [1.165, 1.54) is 0 Å². The highest BCUT2D eigenvalue weighted by Crippen LogP contribution is 2.19. The van der Waals surface area contributed by atoms with Crippen LogP contribution < -0.4 is 5.32 Å². The Morgan fingerprint density at radius 3 is 2.56 bits per heavy atom. The van der Waals surface area contributed by atoms with Gasteiger partial charge in [0.15, 0.2) is 0 Å². The Kier molecular flexibility index (Phi) is 4.53. The maximum Gasteiger partial charge on any atom is 0.326 e. The molecule has 0 aliphatic heterocycles. The first-order chi connectivity index (χ1) is 8.30. The fraction of sp³-hybridized carbons (Fsp3) is 0.538. The average Bonchev–Trinajstić information content (AvgIpc) is 2.73. The summed E-state index contributed by atoms with van der Waals surface area (Å²) in [4.78, 5) is 22.8. The number of aliphatic carboxylic acids is 1. The van der Waals surface area contributed by atoms with E-state index in [0.717, 1.165) is 0 Å². The highest BCUT2D eigenvalue weighted by atomic mass is 16.4. The number of carboxylic acid groups (broad SMARTS) is 1. The lowest BCUT2D eigenvalue weighted by Gasteiger charge is -2.27. The number of furan rings is 1. The van der Waals surface area contributed by atoms with E-state index in [-0.39, 0.29) is 12.3 Å². The van der Waals surface area contributed by atoms with Crippen molar-refractivity contribution in [1.29, 1.82) is 0 Å². The lowest BCUT2D eigenvalue weighted by Crippen LogP contribution is -2.49. The summed E-state index contributed by atoms with van der Waals surface area (Å²) in [6, 6.07) is 2.65. The minimum Gasteiger partial charge on any atom is -0.480 e. The SMILES string of the molecule is CC(C)(C)[C@@H](NC(=O)CCc1ccco1)C(=O)O. The van der Waals surface area contributed by atoms with E-state index < -0.39 is 17.4 Å². The second-order valence-electron chi connectivity index (χ2n) is 5.28. The maximum atomic E-state index is 11.7. The lowest BCUT2D eigenvalue weighted by atomic mass is 9.86. The summed E-state index contributed by atoms with van der Waals surface area (Å²) in [5.41, 5.74) is -0.522. The van der Waals surface area contributed by atoms with Gasteiger partial charge in [0.25, 0.3) is 0 Å². The molecule has 0 aromatic carbocycles. The molecule has 18 heavy (non-hydrogen) atoms. The second kappa shape index (κ2) is 5.71. The summed E-state index contributed by atoms with van der Waals surface area (Å²) in [6.45, 7) is 5.33. The standard InChI is InChI=1S/C13H19NO4/c1-13(2,3)11(12(16)17)14-10(15)7-6-9-5-4-8-18-9/h4-5,8,11H,6-7H2,1-3H3,(H,14,15)(H,16,17)/t11-/m0/s1. The predicted octanol–water partition coefficient (Wildman–Crippen LogP) is 1.83. The minimum absolute atomic E-state index is 0.216. The maximum absolute atomic E-state index is 11.7. The van der Waals surface area contributed by atoms with Crippen molar-refractivity contribution in [3.8, 4) is 0 Å². The topological polar surface area (TPSA) is 79.5 Å². The first-order valence-corrected chi connectivity index (χ1v) is 5.85. The Bertz CT molecular complexity index is 403. The number of carbonyl (C=O) groups excluding carboxylic acids is 1. The first kappa shape index (κ1) is 14.3. The van der Waals surface area contributed by atoms with Crippen LogP contribution in [0.3, 0.4) is 0 Å². The number of amides is 1. The predicted molar refractivity (Wildman–Crippen MR) is 66.1 cm³/mol. The molecule has 0 aliphatic carbocycles. The van der Waals surface area contributed by atoms with Gasteiger partial charge < -0.3 is 14.8 Å². The van der Waals surface area contributed by atoms with Crippen LogP contribution in [-0.2, 0) is 16.0 Å². The summed E-state index contributed by atoms with van der Waals surface area (Å²) in [6.07, 6.45) is 2.23. The van der Waals surface area contributed by atoms with Crippen LogP contribution in [0.4, 0.5) is 0 Å². The molecule has 0 saturated carbocycles. The third-order valence-electron chi connectivity index (χ3n) is 2.60. The Labute approximate surface area is 106 Å². The third-order valence-corrected chi connectivity index (χ3v) is 2.60. The van der Waals surface area contributed by atoms with E-state index >= 15 is 0 Å². The molecule has 0 aliphatic rings. The molecule has 0 saturated heterocycles. The highest BCUT2D eigenvalue weighted by Gasteiger charge is 2.32. The van der Waals surface area contributed by atoms with E-state index in [9.17, 15) is 9.59 Å². The molecular weight excluding hydrogens is 234 g/mol. The molecule has 0 unspecified atom stereocenters. The summed E-state index contributed by atoms with van der Waals surface area (Å²) in [5, 5.41) is 11.6. The largest absolute Gasteiger partial charge is 0.480 e. The van der Waals surface area contributed by atoms with Crippen molar-refractivity contribution in [2.75, 3.05) is 0 Å². The van der Waals surface area contributed by atoms with Gasteiger partial charge in [-0.3, -0.25) is 4.79 Å². The Morgan fingerprint density at radius 1 is 1.44 bits per heavy atom. The fourth-order valence-corrected chi connectivity index (χ4v) is 1.57. The summed E-state index contributed by atoms with van der Waals surface area (Å²) >= 11 is 0. The van der Waals surface area contributed by atoms with Crippen LogP contribution in [0.15, 0.2) is 22.8 Å². The van der Waals surface area contributed by atoms with E-state index in [2.05, 4.69) is 5.32 Å². The van der Waals surface area contributed by atoms with E-state index in [1.807, 2.05) is 0 Å². The van der Waals surface area contributed by atoms with Gasteiger partial charge in [-0.15, -0.1) is 0 Å². The molecular formula is C13H19NO4. The zero-order valence-electron chi connectivity index (χ0n) is 10.9. The van der Waals surface area contributed by atoms with Crippen LogP contribution in [0.2, 0.25) is 0 Å². The van der Waals surface area contributed by atoms with Crippen LogP contribution in [0.25, 0.3) is 0 Å². The number of aryl methyl sites for hydroxylation is 1. The number of carbonyl (C=O) groups is 2. The molecule has 0 spiro atoms. The molecule has 5 nitrogen and oxygen atoms in total. The molecule has 5 heteroatoms. The number of carboxylic acids is 1. The van der Waals surface area contributed by atoms with E-state index in [0.29, 0.717) is 12.2 Å². The van der Waals surface area contributed by atoms with Gasteiger partial charge >= 0.3 is 5.97 Å². The molecule has 100 valence electrons. The summed E-state index contributed by atoms with van der Waals surface area (Å²) in [7, 11) is 0. The Balaban J connectivity index is 2.49. The average molecular weight is 253 g/mol. The number of hydrogen-bond donors (Lipinski definition) is 2. The van der Waals surface area contributed by atoms with Gasteiger partial charge in [0.05, 0.1) is 6.26 Å². The van der Waals surface area contributed by atoms with Crippen LogP contribution in [0, 0.1) is 5.41 Å². The van der Waals surface area contributed by atoms with Crippen molar-refractivity contribution in [2.45, 2.75) is 39.7 Å². The van der Waals surface area contributed by atoms with Crippen molar-refractivity contribution in [2.24, 2.45) is 5.41 Å². The zero-order valence-corrected chi connectivity index (χ0v) is 10.9. The summed E-state index contributed by atoms with van der Waals surface area (Å²) < 4.78 is 5.11. The number of rotatable bonds is 5. The van der Waals surface area contributed by atoms with Crippen molar-refractivity contribution >= 4 is 11.9 Å². The quantitative estimate of drug-likeness (QED) is 0.839. The molecule has 0 bridgehead atoms. The van der Waals surface area contributed by atoms with Gasteiger partial charge in [-0.2, -0.15) is 0 Å². The van der Waals surface area contributed by atoms with Gasteiger partial charge in [-0.1, -0.05) is 20.8 Å². The number of nitrogens with one attached hydrogen (secondary N) is 1. The molecule has 1 heterocycles. The van der Waals surface area contributed by atoms with Crippen molar-refractivity contribution in [1.82, 2.24) is 5.32 Å². The number of hydrogen-bond acceptors (Lipinski definition) is 3. The minimum atomic E-state index is -1.02. The second-order valence-corrected chi connectivity index (χ2v) is 5.28. The summed E-state index contributed by atoms with van der Waals surface area (Å²) in [5.74, 6) is -0.588. The molecule has 1 aromatic heterocycles. The van der Waals surface area contributed by atoms with Gasteiger partial charge in [0.2, 0.25) is 5.91 Å². The van der Waals surface area contributed by atoms with Crippen LogP contribution in [-0.4, -0.2) is 23.0 Å². The molecule has 1 amide bonds. The van der Waals surface area contributed by atoms with E-state index in [1.54, 1.807) is 39.2 Å². The first-order valence-electron chi connectivity index (χ1n) is 5.85. The fourth-order valence-electron chi connectivity index (χ4n) is 1.57. The van der Waals surface area contributed by atoms with Gasteiger partial charge in [-0.25, -0.2) is 4.79 Å². The van der Waals surface area contributed by atoms with E-state index in [4.69, 9.17) is 9.52 Å². The van der Waals surface area contributed by atoms with Gasteiger partial charge in [0.1, 0.15) is 11.8 Å². The third kappa shape index (κ3) is 4.24. The smallest absolute Gasteiger partial charge is 0.326 e. The Hall–Kier alpha value is -1.78. The van der Waals surface area contributed by atoms with Crippen molar-refractivity contribution < 1.29 is 19.1 Å². The van der Waals surface area contributed by atoms with Crippen LogP contribution in [0.5, 0.6) is 0 Å². The van der Waals surface area contributed by atoms with Gasteiger partial charge in [0, 0.05) is 12.8 Å². The molecule has 1 atom stereocenters. The van der Waals surface area contributed by atoms with Crippen molar-refractivity contribution in [3.05, 3.63) is 24.2 Å². The Morgan fingerprint density at radius 2 is 2.11 bits per heavy atom. The van der Waals surface area contributed by atoms with Gasteiger partial charge in [-0.05, 0) is 17.5 Å². The highest BCUT2D eigenvalue weighted by molar-refractivity contribution is 5.84. The lowest BCUT2D eigenvalue weighted by molar-refractivity contribution is -0.144. The van der Waals surface area contributed by atoms with Crippen LogP contribution >= 0.6 is 0 Å². The molecule has 0 fully saturated rings. The van der Waals surface area contributed by atoms with Crippen LogP contribution in [0.1, 0.15) is 33.0 Å². The monoisotopic (exact) mass is 253 g/mol. The molecule has 1 rings (SSSR count).